The van der Waals surface area contributed by atoms with Gasteiger partial charge in [0.15, 0.2) is 0 Å². The molecule has 3 aromatic rings. The highest BCUT2D eigenvalue weighted by molar-refractivity contribution is 9.10. The number of carbonyl (C=O) groups is 2. The second-order valence-corrected chi connectivity index (χ2v) is 10.7. The Hall–Kier alpha value is -2.57. The fourth-order valence-electron chi connectivity index (χ4n) is 4.21. The van der Waals surface area contributed by atoms with Crippen molar-refractivity contribution in [3.8, 4) is 0 Å². The summed E-state index contributed by atoms with van der Waals surface area (Å²) in [5.41, 5.74) is 2.83. The summed E-state index contributed by atoms with van der Waals surface area (Å²) in [5, 5.41) is 0.585. The standard InChI is InChI=1S/C30H37BrClN3O2/c1-3-5-7-19-35(30(37)25-12-16-27(32)17-13-25)23-29(36)34(18-6-4-2)22-28-9-8-20-33(28)21-24-10-14-26(31)15-11-24/h8-17,20H,3-7,18-19,21-23H2,1-2H3. The van der Waals surface area contributed by atoms with Crippen molar-refractivity contribution in [2.45, 2.75) is 59.0 Å². The monoisotopic (exact) mass is 585 g/mol. The van der Waals surface area contributed by atoms with E-state index >= 15 is 0 Å². The van der Waals surface area contributed by atoms with Crippen molar-refractivity contribution >= 4 is 39.3 Å². The van der Waals surface area contributed by atoms with Gasteiger partial charge >= 0.3 is 0 Å². The van der Waals surface area contributed by atoms with Crippen LogP contribution >= 0.6 is 27.5 Å². The van der Waals surface area contributed by atoms with E-state index in [-0.39, 0.29) is 18.4 Å². The zero-order valence-corrected chi connectivity index (χ0v) is 24.2. The van der Waals surface area contributed by atoms with Crippen LogP contribution in [0.25, 0.3) is 0 Å². The van der Waals surface area contributed by atoms with Crippen molar-refractivity contribution in [1.29, 1.82) is 0 Å². The van der Waals surface area contributed by atoms with E-state index in [1.165, 1.54) is 5.56 Å². The summed E-state index contributed by atoms with van der Waals surface area (Å²) < 4.78 is 3.24. The van der Waals surface area contributed by atoms with E-state index in [2.05, 4.69) is 58.7 Å². The molecule has 2 amide bonds. The zero-order valence-electron chi connectivity index (χ0n) is 21.8. The van der Waals surface area contributed by atoms with Crippen LogP contribution in [0.3, 0.4) is 0 Å². The summed E-state index contributed by atoms with van der Waals surface area (Å²) in [6, 6.07) is 19.3. The lowest BCUT2D eigenvalue weighted by atomic mass is 10.1. The van der Waals surface area contributed by atoms with Gasteiger partial charge in [0.05, 0.1) is 6.54 Å². The number of hydrogen-bond acceptors (Lipinski definition) is 2. The summed E-state index contributed by atoms with van der Waals surface area (Å²) in [6.45, 7) is 6.80. The second kappa shape index (κ2) is 15.0. The van der Waals surface area contributed by atoms with Crippen LogP contribution in [-0.2, 0) is 17.9 Å². The van der Waals surface area contributed by atoms with Gasteiger partial charge in [-0.25, -0.2) is 0 Å². The van der Waals surface area contributed by atoms with Gasteiger partial charge in [-0.05, 0) is 66.9 Å². The van der Waals surface area contributed by atoms with Crippen molar-refractivity contribution in [3.63, 3.8) is 0 Å². The molecule has 0 spiro atoms. The maximum absolute atomic E-state index is 13.6. The van der Waals surface area contributed by atoms with E-state index < -0.39 is 0 Å². The van der Waals surface area contributed by atoms with Gasteiger partial charge in [-0.3, -0.25) is 9.59 Å². The first kappa shape index (κ1) is 29.0. The van der Waals surface area contributed by atoms with E-state index in [4.69, 9.17) is 11.6 Å². The normalized spacial score (nSPS) is 10.9. The number of nitrogens with zero attached hydrogens (tertiary/aromatic N) is 3. The number of amides is 2. The van der Waals surface area contributed by atoms with Gasteiger partial charge in [-0.15, -0.1) is 0 Å². The van der Waals surface area contributed by atoms with Crippen molar-refractivity contribution < 1.29 is 9.59 Å². The lowest BCUT2D eigenvalue weighted by Gasteiger charge is -2.28. The fraction of sp³-hybridized carbons (Fsp3) is 0.400. The molecule has 0 aliphatic heterocycles. The van der Waals surface area contributed by atoms with Gasteiger partial charge in [0, 0.05) is 46.6 Å². The first-order valence-electron chi connectivity index (χ1n) is 13.1. The summed E-state index contributed by atoms with van der Waals surface area (Å²) in [5.74, 6) is -0.154. The topological polar surface area (TPSA) is 45.6 Å². The molecule has 1 heterocycles. The molecule has 198 valence electrons. The van der Waals surface area contributed by atoms with Gasteiger partial charge in [0.25, 0.3) is 5.91 Å². The molecule has 0 unspecified atom stereocenters. The molecule has 0 radical (unpaired) electrons. The predicted molar refractivity (Wildman–Crippen MR) is 155 cm³/mol. The second-order valence-electron chi connectivity index (χ2n) is 9.36. The Morgan fingerprint density at radius 3 is 2.22 bits per heavy atom. The van der Waals surface area contributed by atoms with Crippen LogP contribution in [0.1, 0.15) is 67.6 Å². The fourth-order valence-corrected chi connectivity index (χ4v) is 4.60. The third kappa shape index (κ3) is 9.04. The van der Waals surface area contributed by atoms with E-state index in [1.807, 2.05) is 23.1 Å². The molecule has 0 saturated heterocycles. The van der Waals surface area contributed by atoms with Gasteiger partial charge in [0.1, 0.15) is 6.54 Å². The molecular formula is C30H37BrClN3O2. The molecule has 7 heteroatoms. The van der Waals surface area contributed by atoms with E-state index in [1.54, 1.807) is 29.2 Å². The minimum absolute atomic E-state index is 0.0244. The summed E-state index contributed by atoms with van der Waals surface area (Å²) in [7, 11) is 0. The largest absolute Gasteiger partial charge is 0.345 e. The van der Waals surface area contributed by atoms with Gasteiger partial charge < -0.3 is 14.4 Å². The van der Waals surface area contributed by atoms with Crippen molar-refractivity contribution in [1.82, 2.24) is 14.4 Å². The number of carbonyl (C=O) groups excluding carboxylic acids is 2. The third-order valence-corrected chi connectivity index (χ3v) is 7.19. The van der Waals surface area contributed by atoms with Crippen LogP contribution in [0, 0.1) is 0 Å². The summed E-state index contributed by atoms with van der Waals surface area (Å²) in [6.07, 6.45) is 6.90. The Bertz CT molecular complexity index is 1130. The first-order valence-corrected chi connectivity index (χ1v) is 14.3. The number of rotatable bonds is 14. The Morgan fingerprint density at radius 1 is 0.865 bits per heavy atom. The molecule has 0 saturated carbocycles. The van der Waals surface area contributed by atoms with Crippen molar-refractivity contribution in [3.05, 3.63) is 93.2 Å². The van der Waals surface area contributed by atoms with Crippen LogP contribution in [0.15, 0.2) is 71.3 Å². The minimum atomic E-state index is -0.129. The average molecular weight is 587 g/mol. The van der Waals surface area contributed by atoms with Crippen LogP contribution in [0.5, 0.6) is 0 Å². The SMILES string of the molecule is CCCCCN(CC(=O)N(CCCC)Cc1cccn1Cc1ccc(Br)cc1)C(=O)c1ccc(Cl)cc1. The number of aromatic nitrogens is 1. The highest BCUT2D eigenvalue weighted by Gasteiger charge is 2.23. The molecule has 3 rings (SSSR count). The molecule has 1 aromatic heterocycles. The van der Waals surface area contributed by atoms with E-state index in [9.17, 15) is 9.59 Å². The molecule has 5 nitrogen and oxygen atoms in total. The number of halogens is 2. The van der Waals surface area contributed by atoms with Crippen molar-refractivity contribution in [2.75, 3.05) is 19.6 Å². The lowest BCUT2D eigenvalue weighted by Crippen LogP contribution is -2.43. The van der Waals surface area contributed by atoms with Gasteiger partial charge in [-0.1, -0.05) is 72.8 Å². The van der Waals surface area contributed by atoms with Gasteiger partial charge in [-0.2, -0.15) is 0 Å². The number of benzene rings is 2. The lowest BCUT2D eigenvalue weighted by molar-refractivity contribution is -0.132. The maximum Gasteiger partial charge on any atom is 0.254 e. The minimum Gasteiger partial charge on any atom is -0.345 e. The quantitative estimate of drug-likeness (QED) is 0.185. The molecule has 0 aliphatic rings. The van der Waals surface area contributed by atoms with Crippen LogP contribution in [-0.4, -0.2) is 45.8 Å². The Balaban J connectivity index is 1.75. The molecule has 0 fully saturated rings. The van der Waals surface area contributed by atoms with Crippen LogP contribution < -0.4 is 0 Å². The molecule has 0 atom stereocenters. The highest BCUT2D eigenvalue weighted by Crippen LogP contribution is 2.16. The van der Waals surface area contributed by atoms with Crippen LogP contribution in [0.4, 0.5) is 0 Å². The number of hydrogen-bond donors (Lipinski definition) is 0. The number of unbranched alkanes of at least 4 members (excludes halogenated alkanes) is 3. The molecular weight excluding hydrogens is 550 g/mol. The highest BCUT2D eigenvalue weighted by atomic mass is 79.9. The molecule has 37 heavy (non-hydrogen) atoms. The molecule has 0 N–H and O–H groups in total. The molecule has 0 aliphatic carbocycles. The van der Waals surface area contributed by atoms with Crippen LogP contribution in [0.2, 0.25) is 5.02 Å². The van der Waals surface area contributed by atoms with Gasteiger partial charge in [0.2, 0.25) is 5.91 Å². The van der Waals surface area contributed by atoms with E-state index in [0.717, 1.165) is 48.8 Å². The Morgan fingerprint density at radius 2 is 1.54 bits per heavy atom. The zero-order chi connectivity index (χ0) is 26.6. The predicted octanol–water partition coefficient (Wildman–Crippen LogP) is 7.41. The Labute approximate surface area is 234 Å². The maximum atomic E-state index is 13.6. The summed E-state index contributed by atoms with van der Waals surface area (Å²) in [4.78, 5) is 30.5. The van der Waals surface area contributed by atoms with E-state index in [0.29, 0.717) is 30.2 Å². The molecule has 2 aromatic carbocycles. The molecule has 0 bridgehead atoms. The summed E-state index contributed by atoms with van der Waals surface area (Å²) >= 11 is 9.51. The van der Waals surface area contributed by atoms with Crippen molar-refractivity contribution in [2.24, 2.45) is 0 Å². The smallest absolute Gasteiger partial charge is 0.254 e. The third-order valence-electron chi connectivity index (χ3n) is 6.41. The first-order chi connectivity index (χ1) is 17.9. The Kier molecular flexibility index (Phi) is 11.7. The average Bonchev–Trinajstić information content (AvgIpc) is 3.33.